The summed E-state index contributed by atoms with van der Waals surface area (Å²) in [4.78, 5) is 12.0. The van der Waals surface area contributed by atoms with Crippen LogP contribution in [0.4, 0.5) is 0 Å². The van der Waals surface area contributed by atoms with Gasteiger partial charge in [-0.2, -0.15) is 5.10 Å². The number of halogens is 2. The fourth-order valence-electron chi connectivity index (χ4n) is 2.82. The fourth-order valence-corrected chi connectivity index (χ4v) is 3.28. The monoisotopic (exact) mass is 456 g/mol. The lowest BCUT2D eigenvalue weighted by Gasteiger charge is -2.12. The van der Waals surface area contributed by atoms with Gasteiger partial charge < -0.3 is 9.47 Å². The molecule has 0 saturated carbocycles. The van der Waals surface area contributed by atoms with Crippen molar-refractivity contribution in [2.75, 3.05) is 7.11 Å². The van der Waals surface area contributed by atoms with E-state index < -0.39 is 0 Å². The van der Waals surface area contributed by atoms with Crippen LogP contribution in [0.15, 0.2) is 71.8 Å². The van der Waals surface area contributed by atoms with Gasteiger partial charge in [-0.05, 0) is 47.9 Å². The van der Waals surface area contributed by atoms with E-state index in [1.807, 2.05) is 42.5 Å². The van der Waals surface area contributed by atoms with Gasteiger partial charge in [0, 0.05) is 22.0 Å². The second-order valence-corrected chi connectivity index (χ2v) is 7.56. The topological polar surface area (TPSA) is 59.9 Å². The molecule has 0 spiro atoms. The van der Waals surface area contributed by atoms with Crippen molar-refractivity contribution in [3.8, 4) is 11.5 Å². The summed E-state index contributed by atoms with van der Waals surface area (Å²) in [6.07, 6.45) is 2.59. The van der Waals surface area contributed by atoms with Gasteiger partial charge in [0.2, 0.25) is 5.91 Å². The van der Waals surface area contributed by atoms with Crippen molar-refractivity contribution in [3.63, 3.8) is 0 Å². The molecule has 5 nitrogen and oxygen atoms in total. The molecule has 0 fully saturated rings. The normalized spacial score (nSPS) is 10.8. The van der Waals surface area contributed by atoms with Gasteiger partial charge in [-0.25, -0.2) is 5.43 Å². The zero-order valence-corrected chi connectivity index (χ0v) is 18.5. The molecular weight excluding hydrogens is 435 g/mol. The van der Waals surface area contributed by atoms with Crippen molar-refractivity contribution < 1.29 is 14.3 Å². The smallest absolute Gasteiger partial charge is 0.240 e. The second kappa shape index (κ2) is 11.4. The highest BCUT2D eigenvalue weighted by molar-refractivity contribution is 6.35. The molecule has 0 aliphatic carbocycles. The molecule has 0 aliphatic rings. The van der Waals surface area contributed by atoms with Crippen LogP contribution in [-0.2, 0) is 17.8 Å². The predicted octanol–water partition coefficient (Wildman–Crippen LogP) is 5.66. The third-order valence-corrected chi connectivity index (χ3v) is 5.06. The highest BCUT2D eigenvalue weighted by Gasteiger charge is 2.08. The van der Waals surface area contributed by atoms with Crippen LogP contribution in [0.5, 0.6) is 11.5 Å². The fraction of sp³-hybridized carbons (Fsp3) is 0.167. The molecule has 0 aliphatic heterocycles. The van der Waals surface area contributed by atoms with Gasteiger partial charge in [0.25, 0.3) is 0 Å². The molecule has 0 heterocycles. The molecular formula is C24H22Cl2N2O3. The highest BCUT2D eigenvalue weighted by Crippen LogP contribution is 2.29. The predicted molar refractivity (Wildman–Crippen MR) is 124 cm³/mol. The number of hydrogen-bond donors (Lipinski definition) is 1. The molecule has 7 heteroatoms. The standard InChI is InChI=1S/C24H22Cl2N2O3/c1-30-23-13-18(15-27-28-24(29)12-8-17-5-3-2-4-6-17)7-11-22(23)31-16-19-9-10-20(25)14-21(19)26/h2-7,9-11,13-15H,8,12,16H2,1H3,(H,28,29)/b27-15-. The van der Waals surface area contributed by atoms with Crippen molar-refractivity contribution in [2.45, 2.75) is 19.4 Å². The molecule has 1 amide bonds. The van der Waals surface area contributed by atoms with Crippen LogP contribution in [-0.4, -0.2) is 19.2 Å². The van der Waals surface area contributed by atoms with E-state index >= 15 is 0 Å². The van der Waals surface area contributed by atoms with Gasteiger partial charge in [0.15, 0.2) is 11.5 Å². The van der Waals surface area contributed by atoms with Crippen molar-refractivity contribution in [1.82, 2.24) is 5.43 Å². The Morgan fingerprint density at radius 3 is 2.58 bits per heavy atom. The first-order valence-corrected chi connectivity index (χ1v) is 10.4. The third kappa shape index (κ3) is 7.02. The van der Waals surface area contributed by atoms with Crippen LogP contribution in [0.1, 0.15) is 23.1 Å². The lowest BCUT2D eigenvalue weighted by atomic mass is 10.1. The summed E-state index contributed by atoms with van der Waals surface area (Å²) in [6.45, 7) is 0.275. The number of aryl methyl sites for hydroxylation is 1. The SMILES string of the molecule is COc1cc(/C=N\NC(=O)CCc2ccccc2)ccc1OCc1ccc(Cl)cc1Cl. The van der Waals surface area contributed by atoms with E-state index in [9.17, 15) is 4.79 Å². The molecule has 0 bridgehead atoms. The lowest BCUT2D eigenvalue weighted by Crippen LogP contribution is -2.17. The van der Waals surface area contributed by atoms with Crippen LogP contribution in [0.3, 0.4) is 0 Å². The summed E-state index contributed by atoms with van der Waals surface area (Å²) < 4.78 is 11.3. The minimum atomic E-state index is -0.146. The van der Waals surface area contributed by atoms with Gasteiger partial charge in [-0.15, -0.1) is 0 Å². The zero-order chi connectivity index (χ0) is 22.1. The number of benzene rings is 3. The average molecular weight is 457 g/mol. The molecule has 0 radical (unpaired) electrons. The Labute approximate surface area is 191 Å². The van der Waals surface area contributed by atoms with E-state index in [-0.39, 0.29) is 12.5 Å². The molecule has 1 N–H and O–H groups in total. The maximum Gasteiger partial charge on any atom is 0.240 e. The van der Waals surface area contributed by atoms with Crippen LogP contribution >= 0.6 is 23.2 Å². The van der Waals surface area contributed by atoms with E-state index in [4.69, 9.17) is 32.7 Å². The Morgan fingerprint density at radius 1 is 1.03 bits per heavy atom. The largest absolute Gasteiger partial charge is 0.493 e. The molecule has 0 unspecified atom stereocenters. The van der Waals surface area contributed by atoms with E-state index in [1.54, 1.807) is 37.6 Å². The number of hydrogen-bond acceptors (Lipinski definition) is 4. The Balaban J connectivity index is 1.54. The first-order chi connectivity index (χ1) is 15.0. The Hall–Kier alpha value is -3.02. The summed E-state index contributed by atoms with van der Waals surface area (Å²) >= 11 is 12.1. The highest BCUT2D eigenvalue weighted by atomic mass is 35.5. The number of carbonyl (C=O) groups excluding carboxylic acids is 1. The molecule has 3 rings (SSSR count). The van der Waals surface area contributed by atoms with Crippen molar-refractivity contribution in [2.24, 2.45) is 5.10 Å². The first-order valence-electron chi connectivity index (χ1n) is 9.66. The van der Waals surface area contributed by atoms with Gasteiger partial charge in [0.05, 0.1) is 13.3 Å². The molecule has 3 aromatic rings. The lowest BCUT2D eigenvalue weighted by molar-refractivity contribution is -0.121. The summed E-state index contributed by atoms with van der Waals surface area (Å²) in [5.41, 5.74) is 5.23. The van der Waals surface area contributed by atoms with Gasteiger partial charge in [-0.1, -0.05) is 59.6 Å². The maximum atomic E-state index is 12.0. The number of methoxy groups -OCH3 is 1. The summed E-state index contributed by atoms with van der Waals surface area (Å²) in [5, 5.41) is 5.13. The van der Waals surface area contributed by atoms with E-state index in [0.717, 1.165) is 16.7 Å². The van der Waals surface area contributed by atoms with E-state index in [1.165, 1.54) is 0 Å². The number of nitrogens with one attached hydrogen (secondary N) is 1. The average Bonchev–Trinajstić information content (AvgIpc) is 2.78. The summed E-state index contributed by atoms with van der Waals surface area (Å²) in [7, 11) is 1.56. The number of ether oxygens (including phenoxy) is 2. The van der Waals surface area contributed by atoms with Crippen molar-refractivity contribution in [3.05, 3.63) is 93.5 Å². The summed E-state index contributed by atoms with van der Waals surface area (Å²) in [6, 6.07) is 20.5. The van der Waals surface area contributed by atoms with Gasteiger partial charge in [-0.3, -0.25) is 4.79 Å². The second-order valence-electron chi connectivity index (χ2n) is 6.71. The number of nitrogens with zero attached hydrogens (tertiary/aromatic N) is 1. The van der Waals surface area contributed by atoms with Gasteiger partial charge in [0.1, 0.15) is 6.61 Å². The third-order valence-electron chi connectivity index (χ3n) is 4.47. The molecule has 3 aromatic carbocycles. The first kappa shape index (κ1) is 22.7. The van der Waals surface area contributed by atoms with Crippen LogP contribution < -0.4 is 14.9 Å². The molecule has 31 heavy (non-hydrogen) atoms. The molecule has 0 atom stereocenters. The molecule has 160 valence electrons. The van der Waals surface area contributed by atoms with Crippen molar-refractivity contribution in [1.29, 1.82) is 0 Å². The number of amides is 1. The van der Waals surface area contributed by atoms with Crippen LogP contribution in [0, 0.1) is 0 Å². The number of rotatable bonds is 9. The molecule has 0 aromatic heterocycles. The van der Waals surface area contributed by atoms with E-state index in [2.05, 4.69) is 10.5 Å². The van der Waals surface area contributed by atoms with Crippen LogP contribution in [0.2, 0.25) is 10.0 Å². The minimum Gasteiger partial charge on any atom is -0.493 e. The number of hydrazone groups is 1. The van der Waals surface area contributed by atoms with E-state index in [0.29, 0.717) is 34.4 Å². The van der Waals surface area contributed by atoms with Crippen LogP contribution in [0.25, 0.3) is 0 Å². The number of carbonyl (C=O) groups is 1. The maximum absolute atomic E-state index is 12.0. The Morgan fingerprint density at radius 2 is 1.84 bits per heavy atom. The summed E-state index contributed by atoms with van der Waals surface area (Å²) in [5.74, 6) is 0.967. The Kier molecular flexibility index (Phi) is 8.33. The Bertz CT molecular complexity index is 1060. The minimum absolute atomic E-state index is 0.146. The quantitative estimate of drug-likeness (QED) is 0.333. The zero-order valence-electron chi connectivity index (χ0n) is 17.0. The van der Waals surface area contributed by atoms with Gasteiger partial charge >= 0.3 is 0 Å². The van der Waals surface area contributed by atoms with Crippen molar-refractivity contribution >= 4 is 35.3 Å². The molecule has 0 saturated heterocycles.